The molecule has 1 spiro atoms. The maximum atomic E-state index is 6.00. The average Bonchev–Trinajstić information content (AvgIpc) is 3.25. The predicted octanol–water partition coefficient (Wildman–Crippen LogP) is 3.53. The number of ether oxygens (including phenoxy) is 1. The first-order valence-electron chi connectivity index (χ1n) is 8.39. The van der Waals surface area contributed by atoms with Crippen molar-refractivity contribution in [3.05, 3.63) is 44.8 Å². The van der Waals surface area contributed by atoms with Crippen LogP contribution in [-0.4, -0.2) is 49.2 Å². The Morgan fingerprint density at radius 2 is 1.61 bits per heavy atom. The van der Waals surface area contributed by atoms with Gasteiger partial charge in [0.15, 0.2) is 0 Å². The molecule has 0 saturated carbocycles. The fraction of sp³-hybridized carbons (Fsp3) is 0.556. The molecule has 2 aromatic rings. The zero-order chi connectivity index (χ0) is 15.5. The van der Waals surface area contributed by atoms with Crippen LogP contribution in [-0.2, 0) is 17.8 Å². The summed E-state index contributed by atoms with van der Waals surface area (Å²) in [7, 11) is 0. The lowest BCUT2D eigenvalue weighted by atomic mass is 9.87. The molecule has 2 aliphatic heterocycles. The van der Waals surface area contributed by atoms with Crippen LogP contribution in [0.25, 0.3) is 0 Å². The van der Waals surface area contributed by atoms with Crippen LogP contribution in [0.5, 0.6) is 0 Å². The number of rotatable bonds is 4. The number of likely N-dealkylation sites (tertiary alicyclic amines) is 1. The first-order valence-corrected chi connectivity index (χ1v) is 10.1. The lowest BCUT2D eigenvalue weighted by molar-refractivity contribution is 0.0707. The Morgan fingerprint density at radius 3 is 2.22 bits per heavy atom. The van der Waals surface area contributed by atoms with Gasteiger partial charge in [-0.25, -0.2) is 0 Å². The molecule has 3 nitrogen and oxygen atoms in total. The molecular weight excluding hydrogens is 324 g/mol. The van der Waals surface area contributed by atoms with Crippen LogP contribution in [0.1, 0.15) is 16.2 Å². The monoisotopic (exact) mass is 348 g/mol. The molecule has 5 heteroatoms. The van der Waals surface area contributed by atoms with Crippen molar-refractivity contribution in [3.8, 4) is 0 Å². The second-order valence-corrected chi connectivity index (χ2v) is 8.95. The SMILES string of the molecule is c1csc(CN2CCOCC3(CCN(Cc4cccs4)C3)C2)c1. The lowest BCUT2D eigenvalue weighted by Crippen LogP contribution is -2.40. The highest BCUT2D eigenvalue weighted by molar-refractivity contribution is 7.10. The van der Waals surface area contributed by atoms with Crippen molar-refractivity contribution in [2.45, 2.75) is 19.5 Å². The third-order valence-corrected chi connectivity index (χ3v) is 6.68. The third-order valence-electron chi connectivity index (χ3n) is 4.96. The predicted molar refractivity (Wildman–Crippen MR) is 97.1 cm³/mol. The summed E-state index contributed by atoms with van der Waals surface area (Å²) < 4.78 is 6.00. The molecule has 1 unspecified atom stereocenters. The van der Waals surface area contributed by atoms with Gasteiger partial charge in [-0.2, -0.15) is 0 Å². The minimum absolute atomic E-state index is 0.324. The zero-order valence-corrected chi connectivity index (χ0v) is 15.1. The van der Waals surface area contributed by atoms with Crippen LogP contribution >= 0.6 is 22.7 Å². The number of hydrogen-bond donors (Lipinski definition) is 0. The maximum absolute atomic E-state index is 6.00. The van der Waals surface area contributed by atoms with Crippen molar-refractivity contribution in [1.82, 2.24) is 9.80 Å². The van der Waals surface area contributed by atoms with Gasteiger partial charge in [0.2, 0.25) is 0 Å². The van der Waals surface area contributed by atoms with Crippen molar-refractivity contribution in [2.24, 2.45) is 5.41 Å². The summed E-state index contributed by atoms with van der Waals surface area (Å²) >= 11 is 3.74. The third kappa shape index (κ3) is 3.86. The van der Waals surface area contributed by atoms with Gasteiger partial charge >= 0.3 is 0 Å². The van der Waals surface area contributed by atoms with E-state index in [2.05, 4.69) is 44.8 Å². The minimum atomic E-state index is 0.324. The molecule has 0 aliphatic carbocycles. The van der Waals surface area contributed by atoms with Gasteiger partial charge in [-0.05, 0) is 35.9 Å². The highest BCUT2D eigenvalue weighted by Crippen LogP contribution is 2.35. The molecule has 2 fully saturated rings. The molecule has 2 aromatic heterocycles. The van der Waals surface area contributed by atoms with Crippen LogP contribution in [0.4, 0.5) is 0 Å². The molecule has 4 heterocycles. The van der Waals surface area contributed by atoms with E-state index in [0.717, 1.165) is 32.8 Å². The van der Waals surface area contributed by atoms with E-state index in [0.29, 0.717) is 5.41 Å². The van der Waals surface area contributed by atoms with E-state index in [9.17, 15) is 0 Å². The highest BCUT2D eigenvalue weighted by atomic mass is 32.1. The summed E-state index contributed by atoms with van der Waals surface area (Å²) in [6, 6.07) is 8.81. The quantitative estimate of drug-likeness (QED) is 0.841. The molecule has 2 saturated heterocycles. The van der Waals surface area contributed by atoms with E-state index < -0.39 is 0 Å². The summed E-state index contributed by atoms with van der Waals surface area (Å²) in [4.78, 5) is 8.17. The van der Waals surface area contributed by atoms with E-state index in [1.165, 1.54) is 35.8 Å². The Balaban J connectivity index is 1.40. The van der Waals surface area contributed by atoms with Crippen LogP contribution in [0, 0.1) is 5.41 Å². The smallest absolute Gasteiger partial charge is 0.0593 e. The summed E-state index contributed by atoms with van der Waals surface area (Å²) in [5.74, 6) is 0. The Labute approximate surface area is 146 Å². The molecule has 4 rings (SSSR count). The fourth-order valence-corrected chi connectivity index (χ4v) is 5.36. The van der Waals surface area contributed by atoms with Gasteiger partial charge in [-0.3, -0.25) is 9.80 Å². The van der Waals surface area contributed by atoms with Gasteiger partial charge in [0, 0.05) is 47.9 Å². The minimum Gasteiger partial charge on any atom is -0.379 e. The Hall–Kier alpha value is -0.720. The maximum Gasteiger partial charge on any atom is 0.0593 e. The van der Waals surface area contributed by atoms with Crippen molar-refractivity contribution in [3.63, 3.8) is 0 Å². The van der Waals surface area contributed by atoms with Crippen molar-refractivity contribution in [1.29, 1.82) is 0 Å². The largest absolute Gasteiger partial charge is 0.379 e. The molecule has 1 atom stereocenters. The summed E-state index contributed by atoms with van der Waals surface area (Å²) in [5, 5.41) is 4.36. The molecule has 124 valence electrons. The summed E-state index contributed by atoms with van der Waals surface area (Å²) in [5.41, 5.74) is 0.324. The van der Waals surface area contributed by atoms with Crippen molar-refractivity contribution >= 4 is 22.7 Å². The molecule has 23 heavy (non-hydrogen) atoms. The van der Waals surface area contributed by atoms with Gasteiger partial charge < -0.3 is 4.74 Å². The van der Waals surface area contributed by atoms with E-state index >= 15 is 0 Å². The molecule has 2 aliphatic rings. The Bertz CT molecular complexity index is 599. The molecule has 0 amide bonds. The zero-order valence-electron chi connectivity index (χ0n) is 13.4. The van der Waals surface area contributed by atoms with E-state index in [1.54, 1.807) is 0 Å². The normalized spacial score (nSPS) is 26.8. The Kier molecular flexibility index (Phi) is 4.83. The van der Waals surface area contributed by atoms with Crippen LogP contribution in [0.3, 0.4) is 0 Å². The van der Waals surface area contributed by atoms with E-state index in [-0.39, 0.29) is 0 Å². The summed E-state index contributed by atoms with van der Waals surface area (Å²) in [6.07, 6.45) is 1.26. The highest BCUT2D eigenvalue weighted by Gasteiger charge is 2.41. The molecule has 0 aromatic carbocycles. The molecule has 0 N–H and O–H groups in total. The van der Waals surface area contributed by atoms with Crippen LogP contribution in [0.2, 0.25) is 0 Å². The topological polar surface area (TPSA) is 15.7 Å². The first kappa shape index (κ1) is 15.8. The molecule has 0 bridgehead atoms. The molecule has 0 radical (unpaired) electrons. The fourth-order valence-electron chi connectivity index (χ4n) is 3.87. The second-order valence-electron chi connectivity index (χ2n) is 6.88. The van der Waals surface area contributed by atoms with E-state index in [1.807, 2.05) is 22.7 Å². The van der Waals surface area contributed by atoms with Gasteiger partial charge in [0.1, 0.15) is 0 Å². The number of thiophene rings is 2. The van der Waals surface area contributed by atoms with Crippen LogP contribution in [0.15, 0.2) is 35.0 Å². The standard InChI is InChI=1S/C18H24N2OS2/c1-3-16(22-9-1)11-19-6-5-18(13-19)14-20(7-8-21-15-18)12-17-4-2-10-23-17/h1-4,9-10H,5-8,11-15H2. The van der Waals surface area contributed by atoms with Gasteiger partial charge in [0.05, 0.1) is 13.2 Å². The lowest BCUT2D eigenvalue weighted by Gasteiger charge is -2.31. The molecular formula is C18H24N2OS2. The van der Waals surface area contributed by atoms with Crippen molar-refractivity contribution in [2.75, 3.05) is 39.4 Å². The average molecular weight is 349 g/mol. The number of nitrogens with zero attached hydrogens (tertiary/aromatic N) is 2. The van der Waals surface area contributed by atoms with Gasteiger partial charge in [0.25, 0.3) is 0 Å². The van der Waals surface area contributed by atoms with Crippen molar-refractivity contribution < 1.29 is 4.74 Å². The van der Waals surface area contributed by atoms with Crippen LogP contribution < -0.4 is 0 Å². The number of hydrogen-bond acceptors (Lipinski definition) is 5. The first-order chi connectivity index (χ1) is 11.3. The van der Waals surface area contributed by atoms with E-state index in [4.69, 9.17) is 4.74 Å². The second kappa shape index (κ2) is 7.03. The van der Waals surface area contributed by atoms with Gasteiger partial charge in [-0.15, -0.1) is 22.7 Å². The Morgan fingerprint density at radius 1 is 0.957 bits per heavy atom. The van der Waals surface area contributed by atoms with Gasteiger partial charge in [-0.1, -0.05) is 12.1 Å². The summed E-state index contributed by atoms with van der Waals surface area (Å²) in [6.45, 7) is 8.58.